The van der Waals surface area contributed by atoms with Gasteiger partial charge in [-0.25, -0.2) is 4.99 Å². The highest BCUT2D eigenvalue weighted by Gasteiger charge is 2.00. The van der Waals surface area contributed by atoms with Crippen LogP contribution in [-0.4, -0.2) is 11.4 Å². The Hall–Kier alpha value is -1.47. The molecule has 0 aliphatic rings. The average molecular weight is 247 g/mol. The average Bonchev–Trinajstić information content (AvgIpc) is 2.28. The number of hydrogen-bond acceptors (Lipinski definition) is 3. The monoisotopic (exact) mass is 247 g/mol. The number of nitriles is 1. The molecule has 0 unspecified atom stereocenters. The fraction of sp³-hybridized carbons (Fsp3) is 0.385. The molecular weight excluding hydrogens is 230 g/mol. The summed E-state index contributed by atoms with van der Waals surface area (Å²) in [7, 11) is 0. The first-order chi connectivity index (χ1) is 8.15. The highest BCUT2D eigenvalue weighted by atomic mass is 32.2. The molecule has 0 atom stereocenters. The Morgan fingerprint density at radius 2 is 2.29 bits per heavy atom. The van der Waals surface area contributed by atoms with Crippen LogP contribution in [0.1, 0.15) is 19.4 Å². The topological polar surface area (TPSA) is 48.2 Å². The van der Waals surface area contributed by atoms with Gasteiger partial charge in [-0.15, -0.1) is 0 Å². The molecule has 0 spiro atoms. The standard InChI is InChI=1S/C13H17N3S/c1-10(2)7-11-5-4-6-12(8-11)16-13(17-3)15-9-14/h4-6,8,10H,7H2,1-3H3,(H,15,16). The van der Waals surface area contributed by atoms with Crippen molar-refractivity contribution in [3.8, 4) is 6.19 Å². The van der Waals surface area contributed by atoms with E-state index in [0.717, 1.165) is 12.1 Å². The number of nitrogens with one attached hydrogen (secondary N) is 1. The molecule has 0 saturated heterocycles. The van der Waals surface area contributed by atoms with Crippen molar-refractivity contribution >= 4 is 22.6 Å². The first-order valence-corrected chi connectivity index (χ1v) is 6.75. The third-order valence-electron chi connectivity index (χ3n) is 2.14. The summed E-state index contributed by atoms with van der Waals surface area (Å²) in [4.78, 5) is 4.38. The van der Waals surface area contributed by atoms with Crippen molar-refractivity contribution < 1.29 is 0 Å². The van der Waals surface area contributed by atoms with E-state index >= 15 is 0 Å². The van der Waals surface area contributed by atoms with Crippen LogP contribution in [0.5, 0.6) is 0 Å². The van der Waals surface area contributed by atoms with Gasteiger partial charge in [0, 0.05) is 0 Å². The van der Waals surface area contributed by atoms with Crippen molar-refractivity contribution in [3.63, 3.8) is 0 Å². The molecule has 0 heterocycles. The highest BCUT2D eigenvalue weighted by molar-refractivity contribution is 8.13. The lowest BCUT2D eigenvalue weighted by atomic mass is 10.0. The second-order valence-electron chi connectivity index (χ2n) is 4.13. The van der Waals surface area contributed by atoms with Gasteiger partial charge in [-0.1, -0.05) is 37.7 Å². The normalized spacial score (nSPS) is 11.4. The van der Waals surface area contributed by atoms with E-state index in [4.69, 9.17) is 5.26 Å². The summed E-state index contributed by atoms with van der Waals surface area (Å²) >= 11 is 1.43. The van der Waals surface area contributed by atoms with Crippen LogP contribution >= 0.6 is 11.8 Å². The van der Waals surface area contributed by atoms with Crippen molar-refractivity contribution in [1.29, 1.82) is 5.26 Å². The van der Waals surface area contributed by atoms with Gasteiger partial charge in [0.05, 0.1) is 5.69 Å². The lowest BCUT2D eigenvalue weighted by molar-refractivity contribution is 0.647. The molecule has 1 aromatic rings. The summed E-state index contributed by atoms with van der Waals surface area (Å²) in [5, 5.41) is 11.7. The van der Waals surface area contributed by atoms with E-state index in [0.29, 0.717) is 11.1 Å². The van der Waals surface area contributed by atoms with Crippen molar-refractivity contribution in [2.75, 3.05) is 6.26 Å². The van der Waals surface area contributed by atoms with Gasteiger partial charge in [0.25, 0.3) is 0 Å². The fourth-order valence-corrected chi connectivity index (χ4v) is 1.86. The van der Waals surface area contributed by atoms with Gasteiger partial charge in [0.2, 0.25) is 0 Å². The molecule has 0 aliphatic heterocycles. The molecule has 1 N–H and O–H groups in total. The first kappa shape index (κ1) is 13.6. The maximum absolute atomic E-state index is 8.56. The van der Waals surface area contributed by atoms with E-state index in [2.05, 4.69) is 36.3 Å². The molecule has 0 bridgehead atoms. The van der Waals surface area contributed by atoms with Gasteiger partial charge in [0.1, 0.15) is 0 Å². The number of aliphatic imine (C=N–C) groups is 1. The third kappa shape index (κ3) is 4.92. The zero-order chi connectivity index (χ0) is 12.7. The smallest absolute Gasteiger partial charge is 0.183 e. The number of rotatable bonds is 3. The number of thioether (sulfide) groups is 1. The van der Waals surface area contributed by atoms with Crippen LogP contribution in [0, 0.1) is 17.4 Å². The Bertz CT molecular complexity index is 433. The molecular formula is C13H17N3S. The Morgan fingerprint density at radius 3 is 2.88 bits per heavy atom. The van der Waals surface area contributed by atoms with Crippen molar-refractivity contribution in [3.05, 3.63) is 29.8 Å². The minimum Gasteiger partial charge on any atom is -0.271 e. The SMILES string of the molecule is CSC(=Nc1cccc(CC(C)C)c1)NC#N. The quantitative estimate of drug-likeness (QED) is 0.386. The second-order valence-corrected chi connectivity index (χ2v) is 4.92. The predicted octanol–water partition coefficient (Wildman–Crippen LogP) is 3.31. The Kier molecular flexibility index (Phi) is 5.58. The van der Waals surface area contributed by atoms with Gasteiger partial charge >= 0.3 is 0 Å². The Labute approximate surface area is 107 Å². The summed E-state index contributed by atoms with van der Waals surface area (Å²) in [5.74, 6) is 0.631. The van der Waals surface area contributed by atoms with E-state index in [1.807, 2.05) is 24.6 Å². The molecule has 90 valence electrons. The van der Waals surface area contributed by atoms with Crippen LogP contribution in [0.4, 0.5) is 5.69 Å². The number of hydrogen-bond donors (Lipinski definition) is 1. The minimum atomic E-state index is 0.620. The lowest BCUT2D eigenvalue weighted by Crippen LogP contribution is -2.12. The van der Waals surface area contributed by atoms with Crippen LogP contribution in [0.25, 0.3) is 0 Å². The van der Waals surface area contributed by atoms with Gasteiger partial charge in [-0.3, -0.25) is 5.32 Å². The van der Waals surface area contributed by atoms with E-state index in [1.165, 1.54) is 17.3 Å². The molecule has 0 saturated carbocycles. The molecule has 17 heavy (non-hydrogen) atoms. The molecule has 3 nitrogen and oxygen atoms in total. The summed E-state index contributed by atoms with van der Waals surface area (Å²) < 4.78 is 0. The number of amidine groups is 1. The molecule has 1 aromatic carbocycles. The van der Waals surface area contributed by atoms with E-state index in [-0.39, 0.29) is 0 Å². The zero-order valence-electron chi connectivity index (χ0n) is 10.4. The Balaban J connectivity index is 2.88. The Morgan fingerprint density at radius 1 is 1.53 bits per heavy atom. The van der Waals surface area contributed by atoms with Crippen LogP contribution in [-0.2, 0) is 6.42 Å². The second kappa shape index (κ2) is 6.97. The lowest BCUT2D eigenvalue weighted by Gasteiger charge is -2.06. The molecule has 0 aliphatic carbocycles. The molecule has 4 heteroatoms. The molecule has 1 rings (SSSR count). The van der Waals surface area contributed by atoms with Gasteiger partial charge < -0.3 is 0 Å². The van der Waals surface area contributed by atoms with E-state index < -0.39 is 0 Å². The van der Waals surface area contributed by atoms with E-state index in [1.54, 1.807) is 0 Å². The van der Waals surface area contributed by atoms with Gasteiger partial charge in [-0.05, 0) is 36.3 Å². The summed E-state index contributed by atoms with van der Waals surface area (Å²) in [6.45, 7) is 4.39. The molecule has 0 amide bonds. The summed E-state index contributed by atoms with van der Waals surface area (Å²) in [6, 6.07) is 8.12. The van der Waals surface area contributed by atoms with Crippen molar-refractivity contribution in [2.45, 2.75) is 20.3 Å². The molecule has 0 aromatic heterocycles. The molecule has 0 radical (unpaired) electrons. The summed E-state index contributed by atoms with van der Waals surface area (Å²) in [6.07, 6.45) is 4.82. The zero-order valence-corrected chi connectivity index (χ0v) is 11.2. The maximum atomic E-state index is 8.56. The maximum Gasteiger partial charge on any atom is 0.183 e. The van der Waals surface area contributed by atoms with Gasteiger partial charge in [0.15, 0.2) is 11.4 Å². The van der Waals surface area contributed by atoms with Crippen molar-refractivity contribution in [2.24, 2.45) is 10.9 Å². The number of nitrogens with zero attached hydrogens (tertiary/aromatic N) is 2. The van der Waals surface area contributed by atoms with Crippen LogP contribution < -0.4 is 5.32 Å². The highest BCUT2D eigenvalue weighted by Crippen LogP contribution is 2.18. The predicted molar refractivity (Wildman–Crippen MR) is 74.3 cm³/mol. The fourth-order valence-electron chi connectivity index (χ4n) is 1.51. The summed E-state index contributed by atoms with van der Waals surface area (Å²) in [5.41, 5.74) is 2.16. The molecule has 0 fully saturated rings. The van der Waals surface area contributed by atoms with Gasteiger partial charge in [-0.2, -0.15) is 5.26 Å². The first-order valence-electron chi connectivity index (χ1n) is 5.52. The largest absolute Gasteiger partial charge is 0.271 e. The van der Waals surface area contributed by atoms with Crippen molar-refractivity contribution in [1.82, 2.24) is 5.32 Å². The number of benzene rings is 1. The van der Waals surface area contributed by atoms with Crippen LogP contribution in [0.2, 0.25) is 0 Å². The third-order valence-corrected chi connectivity index (χ3v) is 2.72. The van der Waals surface area contributed by atoms with Crippen LogP contribution in [0.3, 0.4) is 0 Å². The van der Waals surface area contributed by atoms with Crippen LogP contribution in [0.15, 0.2) is 29.3 Å². The van der Waals surface area contributed by atoms with E-state index in [9.17, 15) is 0 Å². The minimum absolute atomic E-state index is 0.620.